The van der Waals surface area contributed by atoms with Crippen molar-refractivity contribution < 1.29 is 14.3 Å². The average Bonchev–Trinajstić information content (AvgIpc) is 2.43. The van der Waals surface area contributed by atoms with Crippen molar-refractivity contribution in [3.63, 3.8) is 0 Å². The highest BCUT2D eigenvalue weighted by Gasteiger charge is 2.09. The number of rotatable bonds is 8. The number of likely N-dealkylation sites (N-methyl/N-ethyl adjacent to an activating group) is 1. The molecule has 0 amide bonds. The summed E-state index contributed by atoms with van der Waals surface area (Å²) in [4.78, 5) is 21.1. The number of carbonyl (C=O) groups is 1. The van der Waals surface area contributed by atoms with E-state index in [1.807, 2.05) is 0 Å². The fourth-order valence-electron chi connectivity index (χ4n) is 1.42. The molecule has 0 aliphatic rings. The number of carbonyl (C=O) groups excluding carboxylic acids is 1. The normalized spacial score (nSPS) is 10.1. The Hall–Kier alpha value is -1.89. The molecule has 0 spiro atoms. The lowest BCUT2D eigenvalue weighted by molar-refractivity contribution is -0.138. The van der Waals surface area contributed by atoms with Gasteiger partial charge in [-0.1, -0.05) is 0 Å². The largest absolute Gasteiger partial charge is 0.468 e. The van der Waals surface area contributed by atoms with Gasteiger partial charge in [0.1, 0.15) is 24.5 Å². The molecule has 0 saturated heterocycles. The first-order chi connectivity index (χ1) is 9.17. The molecule has 19 heavy (non-hydrogen) atoms. The van der Waals surface area contributed by atoms with Gasteiger partial charge in [-0.25, -0.2) is 9.97 Å². The SMILES string of the molecule is COCCCNc1cc(N(C)CC(=O)OC)ncn1. The lowest BCUT2D eigenvalue weighted by atomic mass is 10.4. The maximum atomic E-state index is 11.2. The highest BCUT2D eigenvalue weighted by atomic mass is 16.5. The van der Waals surface area contributed by atoms with Gasteiger partial charge >= 0.3 is 5.97 Å². The summed E-state index contributed by atoms with van der Waals surface area (Å²) < 4.78 is 9.58. The van der Waals surface area contributed by atoms with Gasteiger partial charge in [0.15, 0.2) is 0 Å². The topological polar surface area (TPSA) is 76.6 Å². The monoisotopic (exact) mass is 268 g/mol. The van der Waals surface area contributed by atoms with Crippen molar-refractivity contribution in [2.24, 2.45) is 0 Å². The van der Waals surface area contributed by atoms with E-state index in [1.165, 1.54) is 13.4 Å². The summed E-state index contributed by atoms with van der Waals surface area (Å²) in [7, 11) is 4.80. The molecule has 0 radical (unpaired) electrons. The standard InChI is InChI=1S/C12H20N4O3/c1-16(8-12(17)19-3)11-7-10(14-9-15-11)13-5-4-6-18-2/h7,9H,4-6,8H2,1-3H3,(H,13,14,15). The van der Waals surface area contributed by atoms with Gasteiger partial charge in [0.05, 0.1) is 7.11 Å². The van der Waals surface area contributed by atoms with Crippen molar-refractivity contribution in [2.75, 3.05) is 51.2 Å². The Bertz CT molecular complexity index is 400. The van der Waals surface area contributed by atoms with E-state index in [1.54, 1.807) is 25.1 Å². The van der Waals surface area contributed by atoms with E-state index in [0.29, 0.717) is 12.4 Å². The average molecular weight is 268 g/mol. The van der Waals surface area contributed by atoms with E-state index in [2.05, 4.69) is 20.0 Å². The van der Waals surface area contributed by atoms with Crippen molar-refractivity contribution in [1.29, 1.82) is 0 Å². The molecule has 0 bridgehead atoms. The maximum absolute atomic E-state index is 11.2. The third kappa shape index (κ3) is 5.52. The van der Waals surface area contributed by atoms with Crippen molar-refractivity contribution in [3.8, 4) is 0 Å². The predicted octanol–water partition coefficient (Wildman–Crippen LogP) is 0.534. The summed E-state index contributed by atoms with van der Waals surface area (Å²) >= 11 is 0. The molecule has 0 aromatic carbocycles. The Morgan fingerprint density at radius 1 is 1.42 bits per heavy atom. The number of nitrogens with one attached hydrogen (secondary N) is 1. The Labute approximate surface area is 112 Å². The Kier molecular flexibility index (Phi) is 6.59. The van der Waals surface area contributed by atoms with Gasteiger partial charge in [-0.15, -0.1) is 0 Å². The quantitative estimate of drug-likeness (QED) is 0.544. The van der Waals surface area contributed by atoms with Crippen LogP contribution in [0.4, 0.5) is 11.6 Å². The van der Waals surface area contributed by atoms with E-state index < -0.39 is 0 Å². The molecule has 0 aliphatic heterocycles. The first-order valence-corrected chi connectivity index (χ1v) is 6.00. The first kappa shape index (κ1) is 15.2. The van der Waals surface area contributed by atoms with E-state index in [0.717, 1.165) is 18.8 Å². The minimum absolute atomic E-state index is 0.149. The molecule has 106 valence electrons. The number of aromatic nitrogens is 2. The lowest BCUT2D eigenvalue weighted by Crippen LogP contribution is -2.27. The van der Waals surface area contributed by atoms with E-state index >= 15 is 0 Å². The van der Waals surface area contributed by atoms with E-state index in [9.17, 15) is 4.79 Å². The van der Waals surface area contributed by atoms with E-state index in [-0.39, 0.29) is 12.5 Å². The second kappa shape index (κ2) is 8.25. The first-order valence-electron chi connectivity index (χ1n) is 6.00. The molecule has 0 aliphatic carbocycles. The highest BCUT2D eigenvalue weighted by Crippen LogP contribution is 2.12. The fourth-order valence-corrected chi connectivity index (χ4v) is 1.42. The molecular weight excluding hydrogens is 248 g/mol. The molecule has 1 rings (SSSR count). The van der Waals surface area contributed by atoms with Crippen molar-refractivity contribution in [1.82, 2.24) is 9.97 Å². The number of nitrogens with zero attached hydrogens (tertiary/aromatic N) is 3. The van der Waals surface area contributed by atoms with Gasteiger partial charge in [-0.2, -0.15) is 0 Å². The van der Waals surface area contributed by atoms with Crippen LogP contribution in [-0.2, 0) is 14.3 Å². The second-order valence-corrected chi connectivity index (χ2v) is 3.97. The van der Waals surface area contributed by atoms with Gasteiger partial charge in [0.2, 0.25) is 0 Å². The van der Waals surface area contributed by atoms with Crippen molar-refractivity contribution in [2.45, 2.75) is 6.42 Å². The van der Waals surface area contributed by atoms with Gasteiger partial charge in [0.25, 0.3) is 0 Å². The van der Waals surface area contributed by atoms with Gasteiger partial charge in [-0.3, -0.25) is 4.79 Å². The number of hydrogen-bond acceptors (Lipinski definition) is 7. The van der Waals surface area contributed by atoms with Crippen LogP contribution in [0, 0.1) is 0 Å². The van der Waals surface area contributed by atoms with Crippen LogP contribution < -0.4 is 10.2 Å². The van der Waals surface area contributed by atoms with Crippen LogP contribution in [0.2, 0.25) is 0 Å². The molecule has 1 aromatic heterocycles. The minimum atomic E-state index is -0.310. The smallest absolute Gasteiger partial charge is 0.325 e. The minimum Gasteiger partial charge on any atom is -0.468 e. The summed E-state index contributed by atoms with van der Waals surface area (Å²) in [6.07, 6.45) is 2.36. The predicted molar refractivity (Wildman–Crippen MR) is 72.3 cm³/mol. The molecule has 1 heterocycles. The molecule has 0 unspecified atom stereocenters. The molecule has 1 N–H and O–H groups in total. The number of esters is 1. The van der Waals surface area contributed by atoms with Crippen LogP contribution in [0.5, 0.6) is 0 Å². The zero-order valence-corrected chi connectivity index (χ0v) is 11.5. The summed E-state index contributed by atoms with van der Waals surface area (Å²) in [5.74, 6) is 1.07. The molecule has 0 fully saturated rings. The summed E-state index contributed by atoms with van der Waals surface area (Å²) in [5.41, 5.74) is 0. The van der Waals surface area contributed by atoms with Gasteiger partial charge in [0, 0.05) is 33.4 Å². The van der Waals surface area contributed by atoms with Crippen LogP contribution in [0.1, 0.15) is 6.42 Å². The number of anilines is 2. The molecule has 1 aromatic rings. The molecule has 7 nitrogen and oxygen atoms in total. The number of hydrogen-bond donors (Lipinski definition) is 1. The Morgan fingerprint density at radius 3 is 2.89 bits per heavy atom. The van der Waals surface area contributed by atoms with Gasteiger partial charge < -0.3 is 19.7 Å². The lowest BCUT2D eigenvalue weighted by Gasteiger charge is -2.17. The molecule has 7 heteroatoms. The Balaban J connectivity index is 2.53. The maximum Gasteiger partial charge on any atom is 0.325 e. The molecule has 0 atom stereocenters. The van der Waals surface area contributed by atoms with Crippen LogP contribution in [0.15, 0.2) is 12.4 Å². The zero-order chi connectivity index (χ0) is 14.1. The Morgan fingerprint density at radius 2 is 2.21 bits per heavy atom. The zero-order valence-electron chi connectivity index (χ0n) is 11.5. The van der Waals surface area contributed by atoms with Crippen LogP contribution in [0.3, 0.4) is 0 Å². The highest BCUT2D eigenvalue weighted by molar-refractivity contribution is 5.75. The second-order valence-electron chi connectivity index (χ2n) is 3.97. The fraction of sp³-hybridized carbons (Fsp3) is 0.583. The van der Waals surface area contributed by atoms with E-state index in [4.69, 9.17) is 4.74 Å². The van der Waals surface area contributed by atoms with Crippen LogP contribution >= 0.6 is 0 Å². The summed E-state index contributed by atoms with van der Waals surface area (Å²) in [6, 6.07) is 1.79. The summed E-state index contributed by atoms with van der Waals surface area (Å²) in [5, 5.41) is 3.17. The van der Waals surface area contributed by atoms with Crippen molar-refractivity contribution in [3.05, 3.63) is 12.4 Å². The molecular formula is C12H20N4O3. The van der Waals surface area contributed by atoms with Crippen LogP contribution in [0.25, 0.3) is 0 Å². The van der Waals surface area contributed by atoms with Gasteiger partial charge in [-0.05, 0) is 6.42 Å². The third-order valence-electron chi connectivity index (χ3n) is 2.47. The third-order valence-corrected chi connectivity index (χ3v) is 2.47. The van der Waals surface area contributed by atoms with Crippen LogP contribution in [-0.4, -0.2) is 56.9 Å². The summed E-state index contributed by atoms with van der Waals surface area (Å²) in [6.45, 7) is 1.62. The molecule has 0 saturated carbocycles. The number of ether oxygens (including phenoxy) is 2. The number of methoxy groups -OCH3 is 2. The van der Waals surface area contributed by atoms with Crippen molar-refractivity contribution >= 4 is 17.6 Å².